The Morgan fingerprint density at radius 2 is 1.87 bits per heavy atom. The summed E-state index contributed by atoms with van der Waals surface area (Å²) in [6.07, 6.45) is 0. The Bertz CT molecular complexity index is 798. The second kappa shape index (κ2) is 5.64. The molecular weight excluding hydrogens is 300 g/mol. The molecule has 118 valence electrons. The lowest BCUT2D eigenvalue weighted by Gasteiger charge is -2.11. The first kappa shape index (κ1) is 14.9. The summed E-state index contributed by atoms with van der Waals surface area (Å²) in [6.45, 7) is 3.50. The highest BCUT2D eigenvalue weighted by atomic mass is 16.5. The molecule has 0 spiro atoms. The van der Waals surface area contributed by atoms with Crippen molar-refractivity contribution < 1.29 is 18.9 Å². The molecule has 0 aliphatic carbocycles. The van der Waals surface area contributed by atoms with Gasteiger partial charge in [-0.05, 0) is 26.0 Å². The van der Waals surface area contributed by atoms with Gasteiger partial charge in [-0.1, -0.05) is 22.9 Å². The van der Waals surface area contributed by atoms with Crippen LogP contribution in [-0.2, 0) is 16.1 Å². The molecule has 8 nitrogen and oxygen atoms in total. The van der Waals surface area contributed by atoms with Gasteiger partial charge in [0.1, 0.15) is 0 Å². The normalized spacial score (nSPS) is 15.0. The van der Waals surface area contributed by atoms with Crippen molar-refractivity contribution in [1.82, 2.24) is 19.9 Å². The average Bonchev–Trinajstić information content (AvgIpc) is 3.07. The zero-order chi connectivity index (χ0) is 16.6. The number of benzene rings is 1. The number of hydrogen-bond donors (Lipinski definition) is 0. The molecule has 4 amide bonds. The molecular formula is C15H14N4O4. The first-order chi connectivity index (χ1) is 11.0. The summed E-state index contributed by atoms with van der Waals surface area (Å²) < 4.78 is 5.16. The van der Waals surface area contributed by atoms with Crippen molar-refractivity contribution in [2.75, 3.05) is 6.54 Å². The van der Waals surface area contributed by atoms with Crippen molar-refractivity contribution in [2.24, 2.45) is 0 Å². The minimum absolute atomic E-state index is 0.140. The SMILES string of the molecule is CCN1C(=O)C(=O)N(Cc2noc(-c3cccc(C)c3)n2)C1=O. The molecule has 1 saturated heterocycles. The molecule has 0 saturated carbocycles. The van der Waals surface area contributed by atoms with Crippen LogP contribution in [0.4, 0.5) is 4.79 Å². The molecule has 1 aromatic heterocycles. The number of carbonyl (C=O) groups is 3. The number of hydrogen-bond acceptors (Lipinski definition) is 6. The summed E-state index contributed by atoms with van der Waals surface area (Å²) >= 11 is 0. The molecule has 0 radical (unpaired) electrons. The van der Waals surface area contributed by atoms with Crippen molar-refractivity contribution in [3.63, 3.8) is 0 Å². The quantitative estimate of drug-likeness (QED) is 0.624. The van der Waals surface area contributed by atoms with E-state index < -0.39 is 17.8 Å². The Labute approximate surface area is 131 Å². The van der Waals surface area contributed by atoms with Gasteiger partial charge in [-0.3, -0.25) is 14.5 Å². The van der Waals surface area contributed by atoms with Crippen molar-refractivity contribution in [3.8, 4) is 11.5 Å². The summed E-state index contributed by atoms with van der Waals surface area (Å²) in [7, 11) is 0. The fraction of sp³-hybridized carbons (Fsp3) is 0.267. The van der Waals surface area contributed by atoms with Crippen molar-refractivity contribution in [1.29, 1.82) is 0 Å². The third kappa shape index (κ3) is 2.59. The summed E-state index contributed by atoms with van der Waals surface area (Å²) in [6, 6.07) is 6.84. The highest BCUT2D eigenvalue weighted by Crippen LogP contribution is 2.20. The Hall–Kier alpha value is -3.03. The topological polar surface area (TPSA) is 96.6 Å². The molecule has 0 bridgehead atoms. The third-order valence-electron chi connectivity index (χ3n) is 3.48. The van der Waals surface area contributed by atoms with Crippen LogP contribution in [0.15, 0.2) is 28.8 Å². The van der Waals surface area contributed by atoms with Crippen LogP contribution in [0.1, 0.15) is 18.3 Å². The molecule has 23 heavy (non-hydrogen) atoms. The predicted molar refractivity (Wildman–Crippen MR) is 77.8 cm³/mol. The standard InChI is InChI=1S/C15H14N4O4/c1-3-18-13(20)14(21)19(15(18)22)8-11-16-12(23-17-11)10-6-4-5-9(2)7-10/h4-7H,3,8H2,1-2H3. The smallest absolute Gasteiger partial charge is 0.334 e. The minimum atomic E-state index is -0.876. The molecule has 1 aromatic carbocycles. The van der Waals surface area contributed by atoms with Crippen LogP contribution in [-0.4, -0.2) is 44.3 Å². The van der Waals surface area contributed by atoms with E-state index in [1.807, 2.05) is 31.2 Å². The van der Waals surface area contributed by atoms with E-state index in [9.17, 15) is 14.4 Å². The Morgan fingerprint density at radius 3 is 2.52 bits per heavy atom. The number of likely N-dealkylation sites (N-methyl/N-ethyl adjacent to an activating group) is 1. The zero-order valence-corrected chi connectivity index (χ0v) is 12.6. The summed E-state index contributed by atoms with van der Waals surface area (Å²) in [4.78, 5) is 41.4. The van der Waals surface area contributed by atoms with Crippen molar-refractivity contribution in [3.05, 3.63) is 35.7 Å². The number of rotatable bonds is 4. The highest BCUT2D eigenvalue weighted by Gasteiger charge is 2.44. The second-order valence-corrected chi connectivity index (χ2v) is 5.11. The van der Waals surface area contributed by atoms with Crippen LogP contribution in [0.3, 0.4) is 0 Å². The van der Waals surface area contributed by atoms with Gasteiger partial charge in [0.15, 0.2) is 5.82 Å². The Morgan fingerprint density at radius 1 is 1.13 bits per heavy atom. The van der Waals surface area contributed by atoms with Gasteiger partial charge < -0.3 is 4.52 Å². The van der Waals surface area contributed by atoms with E-state index in [1.54, 1.807) is 6.92 Å². The van der Waals surface area contributed by atoms with Crippen LogP contribution in [0.25, 0.3) is 11.5 Å². The second-order valence-electron chi connectivity index (χ2n) is 5.11. The fourth-order valence-electron chi connectivity index (χ4n) is 2.32. The van der Waals surface area contributed by atoms with E-state index in [2.05, 4.69) is 10.1 Å². The molecule has 1 aliphatic rings. The maximum absolute atomic E-state index is 12.0. The van der Waals surface area contributed by atoms with Gasteiger partial charge >= 0.3 is 17.8 Å². The summed E-state index contributed by atoms with van der Waals surface area (Å²) in [5.41, 5.74) is 1.78. The molecule has 8 heteroatoms. The van der Waals surface area contributed by atoms with E-state index in [1.165, 1.54) is 0 Å². The Balaban J connectivity index is 1.81. The van der Waals surface area contributed by atoms with Crippen LogP contribution in [0.2, 0.25) is 0 Å². The summed E-state index contributed by atoms with van der Waals surface area (Å²) in [5, 5.41) is 3.77. The lowest BCUT2D eigenvalue weighted by Crippen LogP contribution is -2.33. The van der Waals surface area contributed by atoms with E-state index in [0.29, 0.717) is 5.89 Å². The van der Waals surface area contributed by atoms with Gasteiger partial charge in [0, 0.05) is 12.1 Å². The first-order valence-corrected chi connectivity index (χ1v) is 7.08. The molecule has 2 aromatic rings. The minimum Gasteiger partial charge on any atom is -0.334 e. The molecule has 1 fully saturated rings. The fourth-order valence-corrected chi connectivity index (χ4v) is 2.32. The molecule has 0 unspecified atom stereocenters. The molecule has 0 atom stereocenters. The number of nitrogens with zero attached hydrogens (tertiary/aromatic N) is 4. The zero-order valence-electron chi connectivity index (χ0n) is 12.6. The first-order valence-electron chi connectivity index (χ1n) is 7.08. The van der Waals surface area contributed by atoms with E-state index in [4.69, 9.17) is 4.52 Å². The van der Waals surface area contributed by atoms with Crippen LogP contribution >= 0.6 is 0 Å². The number of urea groups is 1. The molecule has 3 rings (SSSR count). The lowest BCUT2D eigenvalue weighted by atomic mass is 10.1. The maximum Gasteiger partial charge on any atom is 0.334 e. The van der Waals surface area contributed by atoms with Crippen molar-refractivity contribution >= 4 is 17.8 Å². The number of aromatic nitrogens is 2. The largest absolute Gasteiger partial charge is 0.334 e. The van der Waals surface area contributed by atoms with Gasteiger partial charge in [0.05, 0.1) is 6.54 Å². The van der Waals surface area contributed by atoms with Gasteiger partial charge in [-0.2, -0.15) is 4.98 Å². The Kier molecular flexibility index (Phi) is 3.65. The van der Waals surface area contributed by atoms with E-state index >= 15 is 0 Å². The molecule has 0 N–H and O–H groups in total. The lowest BCUT2D eigenvalue weighted by molar-refractivity contribution is -0.143. The van der Waals surface area contributed by atoms with Crippen LogP contribution in [0, 0.1) is 6.92 Å². The maximum atomic E-state index is 12.0. The third-order valence-corrected chi connectivity index (χ3v) is 3.48. The highest BCUT2D eigenvalue weighted by molar-refractivity contribution is 6.44. The van der Waals surface area contributed by atoms with E-state index in [-0.39, 0.29) is 18.9 Å². The monoisotopic (exact) mass is 314 g/mol. The van der Waals surface area contributed by atoms with E-state index in [0.717, 1.165) is 20.9 Å². The van der Waals surface area contributed by atoms with Gasteiger partial charge in [0.2, 0.25) is 0 Å². The predicted octanol–water partition coefficient (Wildman–Crippen LogP) is 1.36. The number of amides is 4. The molecule has 1 aliphatic heterocycles. The van der Waals surface area contributed by atoms with Gasteiger partial charge in [-0.15, -0.1) is 0 Å². The van der Waals surface area contributed by atoms with Crippen molar-refractivity contribution in [2.45, 2.75) is 20.4 Å². The number of imide groups is 2. The molecule has 2 heterocycles. The summed E-state index contributed by atoms with van der Waals surface area (Å²) in [5.74, 6) is -1.26. The number of aryl methyl sites for hydroxylation is 1. The van der Waals surface area contributed by atoms with Gasteiger partial charge in [-0.25, -0.2) is 9.69 Å². The van der Waals surface area contributed by atoms with Crippen LogP contribution in [0.5, 0.6) is 0 Å². The van der Waals surface area contributed by atoms with Crippen LogP contribution < -0.4 is 0 Å². The average molecular weight is 314 g/mol. The number of carbonyl (C=O) groups excluding carboxylic acids is 3. The van der Waals surface area contributed by atoms with Gasteiger partial charge in [0.25, 0.3) is 5.89 Å².